The van der Waals surface area contributed by atoms with Gasteiger partial charge < -0.3 is 14.2 Å². The molecule has 2 aliphatic heterocycles. The molecular formula is C27H24F6N3O5P. The third kappa shape index (κ3) is 5.82. The summed E-state index contributed by atoms with van der Waals surface area (Å²) in [4.78, 5) is 58.2. The van der Waals surface area contributed by atoms with E-state index in [2.05, 4.69) is 38.2 Å². The Labute approximate surface area is 234 Å². The SMILES string of the molecule is CN1C[N+](C)(C)Cc2c1cc1c3c(cccc23)C(=O)c2c(C(=O)ON3C(=O)CCC3=O)cccc2-1.F[P-](F)(F)(F)(F)F. The van der Waals surface area contributed by atoms with Crippen molar-refractivity contribution in [1.82, 2.24) is 5.06 Å². The molecule has 0 bridgehead atoms. The minimum absolute atomic E-state index is 0.00145. The first-order chi connectivity index (χ1) is 19.1. The van der Waals surface area contributed by atoms with E-state index in [0.29, 0.717) is 16.2 Å². The maximum atomic E-state index is 13.8. The molecule has 0 saturated carbocycles. The topological polar surface area (TPSA) is 84.0 Å². The van der Waals surface area contributed by atoms with E-state index in [1.165, 1.54) is 11.6 Å². The van der Waals surface area contributed by atoms with Crippen LogP contribution in [0.1, 0.15) is 44.7 Å². The van der Waals surface area contributed by atoms with Gasteiger partial charge in [-0.2, -0.15) is 0 Å². The minimum atomic E-state index is -10.7. The molecule has 1 aliphatic carbocycles. The summed E-state index contributed by atoms with van der Waals surface area (Å²) in [6, 6.07) is 12.8. The molecule has 3 aliphatic rings. The van der Waals surface area contributed by atoms with Gasteiger partial charge in [0, 0.05) is 42.0 Å². The van der Waals surface area contributed by atoms with Gasteiger partial charge in [0.1, 0.15) is 6.54 Å². The van der Waals surface area contributed by atoms with Crippen LogP contribution in [0.4, 0.5) is 30.9 Å². The van der Waals surface area contributed by atoms with Gasteiger partial charge in [-0.3, -0.25) is 14.4 Å². The van der Waals surface area contributed by atoms with Crippen LogP contribution in [0, 0.1) is 0 Å². The number of carbonyl (C=O) groups excluding carboxylic acids is 4. The Morgan fingerprint density at radius 3 is 2.07 bits per heavy atom. The number of imide groups is 1. The molecule has 0 unspecified atom stereocenters. The van der Waals surface area contributed by atoms with E-state index in [-0.39, 0.29) is 29.8 Å². The van der Waals surface area contributed by atoms with Crippen LogP contribution in [-0.4, -0.2) is 60.9 Å². The number of hydrogen-bond donors (Lipinski definition) is 0. The van der Waals surface area contributed by atoms with Crippen molar-refractivity contribution in [2.75, 3.05) is 32.7 Å². The molecule has 2 heterocycles. The Morgan fingerprint density at radius 1 is 0.881 bits per heavy atom. The first-order valence-electron chi connectivity index (χ1n) is 12.6. The summed E-state index contributed by atoms with van der Waals surface area (Å²) < 4.78 is 60.0. The van der Waals surface area contributed by atoms with E-state index in [1.807, 2.05) is 12.1 Å². The number of quaternary nitrogens is 1. The fourth-order valence-corrected chi connectivity index (χ4v) is 5.68. The van der Waals surface area contributed by atoms with Crippen LogP contribution in [0.15, 0.2) is 42.5 Å². The van der Waals surface area contributed by atoms with Crippen LogP contribution in [0.5, 0.6) is 0 Å². The molecule has 2 amide bonds. The van der Waals surface area contributed by atoms with Crippen LogP contribution in [0.25, 0.3) is 21.9 Å². The first-order valence-corrected chi connectivity index (χ1v) is 14.6. The first kappa shape index (κ1) is 29.5. The molecular weight excluding hydrogens is 591 g/mol. The van der Waals surface area contributed by atoms with Crippen molar-refractivity contribution in [2.45, 2.75) is 19.4 Å². The zero-order valence-electron chi connectivity index (χ0n) is 22.5. The predicted molar refractivity (Wildman–Crippen MR) is 142 cm³/mol. The second-order valence-corrected chi connectivity index (χ2v) is 13.0. The van der Waals surface area contributed by atoms with Gasteiger partial charge in [0.25, 0.3) is 11.8 Å². The fourth-order valence-electron chi connectivity index (χ4n) is 5.68. The number of hydrogen-bond acceptors (Lipinski definition) is 6. The van der Waals surface area contributed by atoms with E-state index in [4.69, 9.17) is 4.84 Å². The molecule has 6 rings (SSSR count). The van der Waals surface area contributed by atoms with E-state index in [1.54, 1.807) is 12.1 Å². The quantitative estimate of drug-likeness (QED) is 0.109. The van der Waals surface area contributed by atoms with E-state index >= 15 is 0 Å². The normalized spacial score (nSPS) is 18.9. The number of benzene rings is 3. The number of fused-ring (bicyclic) bond motifs is 4. The van der Waals surface area contributed by atoms with E-state index < -0.39 is 25.6 Å². The van der Waals surface area contributed by atoms with Crippen LogP contribution < -0.4 is 4.90 Å². The summed E-state index contributed by atoms with van der Waals surface area (Å²) in [6.45, 7) is 1.68. The number of rotatable bonds is 2. The summed E-state index contributed by atoms with van der Waals surface area (Å²) in [5.74, 6) is -2.30. The van der Waals surface area contributed by atoms with Crippen molar-refractivity contribution in [3.8, 4) is 11.1 Å². The zero-order valence-corrected chi connectivity index (χ0v) is 23.4. The van der Waals surface area contributed by atoms with E-state index in [9.17, 15) is 44.4 Å². The van der Waals surface area contributed by atoms with Gasteiger partial charge in [0.2, 0.25) is 0 Å². The number of anilines is 1. The Bertz CT molecular complexity index is 1710. The molecule has 0 spiro atoms. The number of amides is 2. The van der Waals surface area contributed by atoms with Crippen molar-refractivity contribution in [3.05, 3.63) is 64.7 Å². The van der Waals surface area contributed by atoms with E-state index in [0.717, 1.165) is 39.7 Å². The summed E-state index contributed by atoms with van der Waals surface area (Å²) in [5, 5.41) is 2.43. The molecule has 1 fully saturated rings. The third-order valence-electron chi connectivity index (χ3n) is 7.07. The second-order valence-electron chi connectivity index (χ2n) is 11.1. The van der Waals surface area contributed by atoms with Crippen molar-refractivity contribution < 1.29 is 53.7 Å². The molecule has 1 saturated heterocycles. The summed E-state index contributed by atoms with van der Waals surface area (Å²) in [7, 11) is -4.23. The molecule has 0 N–H and O–H groups in total. The van der Waals surface area contributed by atoms with Gasteiger partial charge >= 0.3 is 39.0 Å². The molecule has 8 nitrogen and oxygen atoms in total. The molecule has 15 heteroatoms. The van der Waals surface area contributed by atoms with Crippen molar-refractivity contribution in [1.29, 1.82) is 0 Å². The molecule has 224 valence electrons. The Morgan fingerprint density at radius 2 is 1.45 bits per heavy atom. The third-order valence-corrected chi connectivity index (χ3v) is 7.07. The zero-order chi connectivity index (χ0) is 31.1. The van der Waals surface area contributed by atoms with Crippen molar-refractivity contribution in [3.63, 3.8) is 0 Å². The standard InChI is InChI=1S/C27H24N3O5.F6P/c1-28-14-30(2,3)13-20-16-7-4-8-17-24(16)19(12-21(20)28)15-6-5-9-18(25(15)26(17)33)27(34)35-29-22(31)10-11-23(29)32;1-7(2,3,4,5)6/h4-9,12H,10-11,13-14H2,1-3H3;/q+1;-1. The van der Waals surface area contributed by atoms with Crippen molar-refractivity contribution >= 4 is 47.8 Å². The second kappa shape index (κ2) is 8.74. The number of ketones is 1. The van der Waals surface area contributed by atoms with Gasteiger partial charge in [-0.05, 0) is 28.6 Å². The predicted octanol–water partition coefficient (Wildman–Crippen LogP) is 6.64. The monoisotopic (exact) mass is 615 g/mol. The van der Waals surface area contributed by atoms with Crippen LogP contribution in [-0.2, 0) is 21.0 Å². The Balaban J connectivity index is 0.000000451. The summed E-state index contributed by atoms with van der Waals surface area (Å²) >= 11 is 0. The van der Waals surface area contributed by atoms with Gasteiger partial charge in [-0.15, -0.1) is 5.06 Å². The Kier molecular flexibility index (Phi) is 6.13. The molecule has 0 atom stereocenters. The average Bonchev–Trinajstić information content (AvgIpc) is 3.16. The van der Waals surface area contributed by atoms with Gasteiger partial charge in [-0.1, -0.05) is 30.3 Å². The fraction of sp³-hybridized carbons (Fsp3) is 0.259. The molecule has 3 aromatic rings. The van der Waals surface area contributed by atoms with Gasteiger partial charge in [-0.25, -0.2) is 4.79 Å². The van der Waals surface area contributed by atoms with Crippen LogP contribution >= 0.6 is 7.81 Å². The number of hydroxylamine groups is 2. The molecule has 3 aromatic carbocycles. The van der Waals surface area contributed by atoms with Crippen LogP contribution in [0.2, 0.25) is 0 Å². The number of nitrogens with zero attached hydrogens (tertiary/aromatic N) is 3. The number of carbonyl (C=O) groups is 4. The molecule has 0 radical (unpaired) electrons. The summed E-state index contributed by atoms with van der Waals surface area (Å²) in [6.07, 6.45) is 0.00290. The van der Waals surface area contributed by atoms with Gasteiger partial charge in [0.05, 0.1) is 25.3 Å². The summed E-state index contributed by atoms with van der Waals surface area (Å²) in [5.41, 5.74) is 4.61. The number of halogens is 6. The maximum absolute atomic E-state index is 13.8. The average molecular weight is 615 g/mol. The van der Waals surface area contributed by atoms with Crippen molar-refractivity contribution in [2.24, 2.45) is 0 Å². The van der Waals surface area contributed by atoms with Crippen LogP contribution in [0.3, 0.4) is 0 Å². The Hall–Kier alpha value is -4.03. The van der Waals surface area contributed by atoms with Gasteiger partial charge in [0.15, 0.2) is 12.5 Å². The molecule has 0 aromatic heterocycles. The molecule has 42 heavy (non-hydrogen) atoms.